The fraction of sp³-hybridized carbons (Fsp3) is 0.353. The number of aryl methyl sites for hydroxylation is 1. The number of aromatic nitrogens is 3. The zero-order valence-corrected chi connectivity index (χ0v) is 13.0. The molecule has 2 aromatic heterocycles. The van der Waals surface area contributed by atoms with Gasteiger partial charge in [0.15, 0.2) is 0 Å². The molecule has 1 aliphatic rings. The summed E-state index contributed by atoms with van der Waals surface area (Å²) in [6, 6.07) is 8.35. The topological polar surface area (TPSA) is 73.0 Å². The van der Waals surface area contributed by atoms with Gasteiger partial charge in [-0.1, -0.05) is 13.0 Å². The van der Waals surface area contributed by atoms with Crippen molar-refractivity contribution in [3.8, 4) is 11.5 Å². The second kappa shape index (κ2) is 5.53. The second-order valence-corrected chi connectivity index (χ2v) is 5.91. The summed E-state index contributed by atoms with van der Waals surface area (Å²) in [6.07, 6.45) is 4.84. The average molecular weight is 310 g/mol. The van der Waals surface area contributed by atoms with Gasteiger partial charge in [0.1, 0.15) is 6.54 Å². The second-order valence-electron chi connectivity index (χ2n) is 5.91. The standard InChI is InChI=1S/C17H18N4O2/c1-2-16-19-20-17(23-16)12-4-3-11-7-8-21(14(11)9-12)10-15(22)18-13-5-6-13/h3-4,7-9,13H,2,5-6,10H2,1H3,(H,18,22). The molecule has 23 heavy (non-hydrogen) atoms. The molecule has 4 rings (SSSR count). The minimum atomic E-state index is 0.0569. The number of hydrogen-bond donors (Lipinski definition) is 1. The molecule has 6 nitrogen and oxygen atoms in total. The fourth-order valence-electron chi connectivity index (χ4n) is 2.62. The van der Waals surface area contributed by atoms with Crippen molar-refractivity contribution in [1.82, 2.24) is 20.1 Å². The molecular formula is C17H18N4O2. The fourth-order valence-corrected chi connectivity index (χ4v) is 2.62. The third-order valence-corrected chi connectivity index (χ3v) is 4.05. The molecule has 1 saturated carbocycles. The SMILES string of the molecule is CCc1nnc(-c2ccc3ccn(CC(=O)NC4CC4)c3c2)o1. The first-order chi connectivity index (χ1) is 11.2. The van der Waals surface area contributed by atoms with Crippen molar-refractivity contribution in [2.75, 3.05) is 0 Å². The van der Waals surface area contributed by atoms with Crippen molar-refractivity contribution < 1.29 is 9.21 Å². The van der Waals surface area contributed by atoms with Crippen LogP contribution >= 0.6 is 0 Å². The van der Waals surface area contributed by atoms with E-state index in [1.807, 2.05) is 42.0 Å². The number of nitrogens with one attached hydrogen (secondary N) is 1. The van der Waals surface area contributed by atoms with Crippen LogP contribution < -0.4 is 5.32 Å². The van der Waals surface area contributed by atoms with Crippen molar-refractivity contribution in [3.63, 3.8) is 0 Å². The van der Waals surface area contributed by atoms with E-state index in [4.69, 9.17) is 4.42 Å². The van der Waals surface area contributed by atoms with E-state index < -0.39 is 0 Å². The highest BCUT2D eigenvalue weighted by molar-refractivity contribution is 5.86. The highest BCUT2D eigenvalue weighted by Gasteiger charge is 2.23. The van der Waals surface area contributed by atoms with E-state index >= 15 is 0 Å². The Hall–Kier alpha value is -2.63. The lowest BCUT2D eigenvalue weighted by molar-refractivity contribution is -0.121. The van der Waals surface area contributed by atoms with Crippen molar-refractivity contribution in [2.45, 2.75) is 38.8 Å². The van der Waals surface area contributed by atoms with Crippen LogP contribution in [0.15, 0.2) is 34.9 Å². The van der Waals surface area contributed by atoms with Gasteiger partial charge in [-0.15, -0.1) is 10.2 Å². The van der Waals surface area contributed by atoms with Gasteiger partial charge in [-0.3, -0.25) is 4.79 Å². The number of amides is 1. The third-order valence-electron chi connectivity index (χ3n) is 4.05. The molecule has 0 radical (unpaired) electrons. The molecule has 1 aliphatic carbocycles. The number of benzene rings is 1. The Morgan fingerprint density at radius 2 is 2.22 bits per heavy atom. The van der Waals surface area contributed by atoms with Crippen molar-refractivity contribution in [1.29, 1.82) is 0 Å². The van der Waals surface area contributed by atoms with Crippen LogP contribution in [-0.4, -0.2) is 26.7 Å². The monoisotopic (exact) mass is 310 g/mol. The molecule has 6 heteroatoms. The zero-order chi connectivity index (χ0) is 15.8. The maximum atomic E-state index is 12.0. The summed E-state index contributed by atoms with van der Waals surface area (Å²) in [7, 11) is 0. The average Bonchev–Trinajstić information content (AvgIpc) is 3.10. The van der Waals surface area contributed by atoms with Crippen LogP contribution in [0.3, 0.4) is 0 Å². The maximum Gasteiger partial charge on any atom is 0.247 e. The molecule has 1 N–H and O–H groups in total. The Labute approximate surface area is 133 Å². The normalized spacial score (nSPS) is 14.3. The lowest BCUT2D eigenvalue weighted by Crippen LogP contribution is -2.28. The van der Waals surface area contributed by atoms with Gasteiger partial charge in [-0.25, -0.2) is 0 Å². The number of carbonyl (C=O) groups is 1. The van der Waals surface area contributed by atoms with E-state index in [-0.39, 0.29) is 5.91 Å². The maximum absolute atomic E-state index is 12.0. The highest BCUT2D eigenvalue weighted by atomic mass is 16.4. The van der Waals surface area contributed by atoms with Crippen LogP contribution in [0, 0.1) is 0 Å². The van der Waals surface area contributed by atoms with E-state index in [0.717, 1.165) is 29.3 Å². The summed E-state index contributed by atoms with van der Waals surface area (Å²) in [6.45, 7) is 2.30. The predicted octanol–water partition coefficient (Wildman–Crippen LogP) is 2.53. The van der Waals surface area contributed by atoms with E-state index in [0.29, 0.717) is 30.8 Å². The lowest BCUT2D eigenvalue weighted by Gasteiger charge is -2.07. The molecule has 0 atom stereocenters. The summed E-state index contributed by atoms with van der Waals surface area (Å²) < 4.78 is 7.57. The van der Waals surface area contributed by atoms with Gasteiger partial charge in [0.05, 0.1) is 0 Å². The summed E-state index contributed by atoms with van der Waals surface area (Å²) >= 11 is 0. The molecular weight excluding hydrogens is 292 g/mol. The zero-order valence-electron chi connectivity index (χ0n) is 13.0. The Morgan fingerprint density at radius 3 is 2.96 bits per heavy atom. The van der Waals surface area contributed by atoms with E-state index in [1.165, 1.54) is 0 Å². The molecule has 2 heterocycles. The first-order valence-corrected chi connectivity index (χ1v) is 7.94. The van der Waals surface area contributed by atoms with Crippen molar-refractivity contribution in [2.24, 2.45) is 0 Å². The molecule has 0 spiro atoms. The van der Waals surface area contributed by atoms with Crippen molar-refractivity contribution in [3.05, 3.63) is 36.4 Å². The van der Waals surface area contributed by atoms with Crippen LogP contribution in [0.25, 0.3) is 22.4 Å². The van der Waals surface area contributed by atoms with Crippen molar-refractivity contribution >= 4 is 16.8 Å². The van der Waals surface area contributed by atoms with Gasteiger partial charge in [0.25, 0.3) is 0 Å². The van der Waals surface area contributed by atoms with E-state index in [9.17, 15) is 4.79 Å². The molecule has 1 amide bonds. The summed E-state index contributed by atoms with van der Waals surface area (Å²) in [5.74, 6) is 1.19. The van der Waals surface area contributed by atoms with Crippen LogP contribution in [0.2, 0.25) is 0 Å². The van der Waals surface area contributed by atoms with Gasteiger partial charge >= 0.3 is 0 Å². The Balaban J connectivity index is 1.63. The minimum absolute atomic E-state index is 0.0569. The molecule has 3 aromatic rings. The summed E-state index contributed by atoms with van der Waals surface area (Å²) in [5, 5.41) is 12.2. The Bertz CT molecular complexity index is 860. The van der Waals surface area contributed by atoms with E-state index in [1.54, 1.807) is 0 Å². The number of nitrogens with zero attached hydrogens (tertiary/aromatic N) is 3. The molecule has 0 bridgehead atoms. The number of carbonyl (C=O) groups excluding carboxylic acids is 1. The third kappa shape index (κ3) is 2.84. The van der Waals surface area contributed by atoms with Crippen LogP contribution in [-0.2, 0) is 17.8 Å². The van der Waals surface area contributed by atoms with Gasteiger partial charge in [0.2, 0.25) is 17.7 Å². The van der Waals surface area contributed by atoms with Gasteiger partial charge < -0.3 is 14.3 Å². The Morgan fingerprint density at radius 1 is 1.35 bits per heavy atom. The largest absolute Gasteiger partial charge is 0.421 e. The number of fused-ring (bicyclic) bond motifs is 1. The van der Waals surface area contributed by atoms with Crippen LogP contribution in [0.5, 0.6) is 0 Å². The molecule has 118 valence electrons. The van der Waals surface area contributed by atoms with Crippen LogP contribution in [0.4, 0.5) is 0 Å². The quantitative estimate of drug-likeness (QED) is 0.786. The summed E-state index contributed by atoms with van der Waals surface area (Å²) in [5.41, 5.74) is 1.86. The van der Waals surface area contributed by atoms with Crippen LogP contribution in [0.1, 0.15) is 25.7 Å². The van der Waals surface area contributed by atoms with E-state index in [2.05, 4.69) is 15.5 Å². The Kier molecular flexibility index (Phi) is 3.37. The number of rotatable bonds is 5. The number of hydrogen-bond acceptors (Lipinski definition) is 4. The van der Waals surface area contributed by atoms with Gasteiger partial charge in [-0.05, 0) is 36.4 Å². The van der Waals surface area contributed by atoms with Gasteiger partial charge in [0, 0.05) is 29.7 Å². The minimum Gasteiger partial charge on any atom is -0.421 e. The summed E-state index contributed by atoms with van der Waals surface area (Å²) in [4.78, 5) is 12.0. The highest BCUT2D eigenvalue weighted by Crippen LogP contribution is 2.25. The predicted molar refractivity (Wildman–Crippen MR) is 85.8 cm³/mol. The molecule has 0 saturated heterocycles. The molecule has 1 aromatic carbocycles. The molecule has 1 fully saturated rings. The molecule has 0 aliphatic heterocycles. The first-order valence-electron chi connectivity index (χ1n) is 7.94. The van der Waals surface area contributed by atoms with Gasteiger partial charge in [-0.2, -0.15) is 0 Å². The first kappa shape index (κ1) is 14.0. The smallest absolute Gasteiger partial charge is 0.247 e. The lowest BCUT2D eigenvalue weighted by atomic mass is 10.1. The molecule has 0 unspecified atom stereocenters.